The van der Waals surface area contributed by atoms with Gasteiger partial charge in [0.1, 0.15) is 0 Å². The van der Waals surface area contributed by atoms with Crippen molar-refractivity contribution in [2.75, 3.05) is 19.8 Å². The van der Waals surface area contributed by atoms with E-state index in [0.29, 0.717) is 6.61 Å². The van der Waals surface area contributed by atoms with Gasteiger partial charge in [0.05, 0.1) is 6.61 Å². The number of unbranched alkanes of at least 4 members (excludes halogenated alkanes) is 1. The molecule has 0 aliphatic rings. The Balaban J connectivity index is 0. The van der Waals surface area contributed by atoms with Crippen LogP contribution in [0.5, 0.6) is 0 Å². The molecule has 0 heterocycles. The molecule has 0 bridgehead atoms. The van der Waals surface area contributed by atoms with Crippen LogP contribution in [0.1, 0.15) is 33.6 Å². The van der Waals surface area contributed by atoms with Crippen molar-refractivity contribution in [1.82, 2.24) is 0 Å². The number of carboxylic acids is 1. The van der Waals surface area contributed by atoms with Crippen molar-refractivity contribution in [1.29, 1.82) is 0 Å². The predicted molar refractivity (Wildman–Crippen MR) is 64.8 cm³/mol. The largest absolute Gasteiger partial charge is 0.478 e. The van der Waals surface area contributed by atoms with Gasteiger partial charge in [0.2, 0.25) is 0 Å². The molecule has 1 N–H and O–H groups in total. The predicted octanol–water partition coefficient (Wildman–Crippen LogP) is 2.01. The second-order valence-corrected chi connectivity index (χ2v) is 2.97. The van der Waals surface area contributed by atoms with Crippen molar-refractivity contribution >= 4 is 11.9 Å². The number of aliphatic carboxylic acids is 1. The average Bonchev–Trinajstić information content (AvgIpc) is 2.29. The number of carbonyl (C=O) groups excluding carboxylic acids is 1. The molecule has 0 unspecified atom stereocenters. The molecule has 0 aliphatic heterocycles. The van der Waals surface area contributed by atoms with Crippen molar-refractivity contribution in [3.05, 3.63) is 12.2 Å². The van der Waals surface area contributed by atoms with Gasteiger partial charge in [-0.3, -0.25) is 0 Å². The molecule has 0 radical (unpaired) electrons. The second-order valence-electron chi connectivity index (χ2n) is 2.97. The number of rotatable bonds is 7. The topological polar surface area (TPSA) is 72.8 Å². The van der Waals surface area contributed by atoms with Gasteiger partial charge in [-0.05, 0) is 20.3 Å². The molecule has 0 aliphatic carbocycles. The van der Waals surface area contributed by atoms with Crippen LogP contribution in [-0.4, -0.2) is 36.9 Å². The first kappa shape index (κ1) is 18.0. The lowest BCUT2D eigenvalue weighted by Gasteiger charge is -1.97. The number of carboxylic acid groups (broad SMARTS) is 1. The Kier molecular flexibility index (Phi) is 15.5. The smallest absolute Gasteiger partial charge is 0.331 e. The maximum absolute atomic E-state index is 10.6. The van der Waals surface area contributed by atoms with E-state index in [1.54, 1.807) is 0 Å². The van der Waals surface area contributed by atoms with Gasteiger partial charge >= 0.3 is 11.9 Å². The molecule has 0 rings (SSSR count). The summed E-state index contributed by atoms with van der Waals surface area (Å²) in [5.74, 6) is -1.76. The van der Waals surface area contributed by atoms with E-state index in [9.17, 15) is 9.59 Å². The fourth-order valence-electron chi connectivity index (χ4n) is 0.709. The van der Waals surface area contributed by atoms with Crippen LogP contribution in [0, 0.1) is 0 Å². The molecule has 0 aromatic rings. The van der Waals surface area contributed by atoms with Gasteiger partial charge in [-0.25, -0.2) is 9.59 Å². The number of hydrogen-bond donors (Lipinski definition) is 1. The van der Waals surface area contributed by atoms with Crippen molar-refractivity contribution in [3.63, 3.8) is 0 Å². The second kappa shape index (κ2) is 14.6. The molecule has 5 heteroatoms. The van der Waals surface area contributed by atoms with Crippen molar-refractivity contribution in [2.24, 2.45) is 0 Å². The van der Waals surface area contributed by atoms with Gasteiger partial charge < -0.3 is 14.6 Å². The molecular weight excluding hydrogens is 224 g/mol. The standard InChI is InChI=1S/C8H12O4.C4H10O/c1-2-3-6-12-8(11)5-4-7(9)10;1-3-5-4-2/h4-5H,2-3,6H2,1H3,(H,9,10);3-4H2,1-2H3/b5-4-;. The van der Waals surface area contributed by atoms with Crippen LogP contribution >= 0.6 is 0 Å². The quantitative estimate of drug-likeness (QED) is 0.422. The van der Waals surface area contributed by atoms with Gasteiger partial charge in [-0.15, -0.1) is 0 Å². The molecular formula is C12H22O5. The average molecular weight is 246 g/mol. The fourth-order valence-corrected chi connectivity index (χ4v) is 0.709. The minimum Gasteiger partial charge on any atom is -0.478 e. The number of hydrogen-bond acceptors (Lipinski definition) is 4. The van der Waals surface area contributed by atoms with Crippen LogP contribution in [-0.2, 0) is 19.1 Å². The highest BCUT2D eigenvalue weighted by molar-refractivity contribution is 5.90. The number of esters is 1. The zero-order valence-corrected chi connectivity index (χ0v) is 10.8. The lowest BCUT2D eigenvalue weighted by Crippen LogP contribution is -2.02. The first-order chi connectivity index (χ1) is 8.08. The Morgan fingerprint density at radius 1 is 1.12 bits per heavy atom. The van der Waals surface area contributed by atoms with Crippen molar-refractivity contribution in [3.8, 4) is 0 Å². The summed E-state index contributed by atoms with van der Waals surface area (Å²) in [6.07, 6.45) is 3.40. The number of carbonyl (C=O) groups is 2. The van der Waals surface area contributed by atoms with Gasteiger partial charge in [0.15, 0.2) is 0 Å². The Morgan fingerprint density at radius 2 is 1.71 bits per heavy atom. The molecule has 0 aromatic heterocycles. The first-order valence-corrected chi connectivity index (χ1v) is 5.73. The molecule has 0 fully saturated rings. The lowest BCUT2D eigenvalue weighted by molar-refractivity contribution is -0.138. The highest BCUT2D eigenvalue weighted by Crippen LogP contribution is 1.89. The third-order valence-corrected chi connectivity index (χ3v) is 1.51. The molecule has 100 valence electrons. The lowest BCUT2D eigenvalue weighted by atomic mass is 10.4. The summed E-state index contributed by atoms with van der Waals surface area (Å²) in [6, 6.07) is 0. The molecule has 17 heavy (non-hydrogen) atoms. The summed E-state index contributed by atoms with van der Waals surface area (Å²) < 4.78 is 9.48. The van der Waals surface area contributed by atoms with E-state index in [1.807, 2.05) is 20.8 Å². The Hall–Kier alpha value is -1.36. The highest BCUT2D eigenvalue weighted by Gasteiger charge is 1.96. The minimum atomic E-state index is -1.15. The van der Waals surface area contributed by atoms with Gasteiger partial charge in [0, 0.05) is 25.4 Å². The van der Waals surface area contributed by atoms with Crippen LogP contribution in [0.2, 0.25) is 0 Å². The van der Waals surface area contributed by atoms with E-state index in [4.69, 9.17) is 9.84 Å². The van der Waals surface area contributed by atoms with E-state index in [2.05, 4.69) is 4.74 Å². The Labute approximate surface area is 102 Å². The zero-order chi connectivity index (χ0) is 13.5. The summed E-state index contributed by atoms with van der Waals surface area (Å²) in [5.41, 5.74) is 0. The summed E-state index contributed by atoms with van der Waals surface area (Å²) in [7, 11) is 0. The molecule has 0 spiro atoms. The normalized spacial score (nSPS) is 9.59. The first-order valence-electron chi connectivity index (χ1n) is 5.73. The SMILES string of the molecule is CCCCOC(=O)/C=C\C(=O)O.CCOCC. The highest BCUT2D eigenvalue weighted by atomic mass is 16.5. The van der Waals surface area contributed by atoms with E-state index >= 15 is 0 Å². The maximum atomic E-state index is 10.6. The van der Waals surface area contributed by atoms with E-state index in [0.717, 1.165) is 38.2 Å². The molecule has 0 aromatic carbocycles. The van der Waals surface area contributed by atoms with Crippen LogP contribution < -0.4 is 0 Å². The third kappa shape index (κ3) is 20.7. The third-order valence-electron chi connectivity index (χ3n) is 1.51. The van der Waals surface area contributed by atoms with Gasteiger partial charge in [0.25, 0.3) is 0 Å². The van der Waals surface area contributed by atoms with Crippen LogP contribution in [0.15, 0.2) is 12.2 Å². The summed E-state index contributed by atoms with van der Waals surface area (Å²) in [5, 5.41) is 8.14. The van der Waals surface area contributed by atoms with Crippen LogP contribution in [0.3, 0.4) is 0 Å². The van der Waals surface area contributed by atoms with Crippen LogP contribution in [0.4, 0.5) is 0 Å². The van der Waals surface area contributed by atoms with Crippen molar-refractivity contribution < 1.29 is 24.2 Å². The monoisotopic (exact) mass is 246 g/mol. The van der Waals surface area contributed by atoms with Crippen LogP contribution in [0.25, 0.3) is 0 Å². The molecule has 0 amide bonds. The Bertz CT molecular complexity index is 221. The fraction of sp³-hybridized carbons (Fsp3) is 0.667. The summed E-state index contributed by atoms with van der Waals surface area (Å²) in [4.78, 5) is 20.6. The van der Waals surface area contributed by atoms with Gasteiger partial charge in [-0.1, -0.05) is 13.3 Å². The zero-order valence-electron chi connectivity index (χ0n) is 10.8. The van der Waals surface area contributed by atoms with E-state index in [-0.39, 0.29) is 0 Å². The molecule has 0 saturated heterocycles. The summed E-state index contributed by atoms with van der Waals surface area (Å²) >= 11 is 0. The molecule has 5 nitrogen and oxygen atoms in total. The molecule has 0 atom stereocenters. The van der Waals surface area contributed by atoms with Gasteiger partial charge in [-0.2, -0.15) is 0 Å². The number of ether oxygens (including phenoxy) is 2. The maximum Gasteiger partial charge on any atom is 0.331 e. The summed E-state index contributed by atoms with van der Waals surface area (Å²) in [6.45, 7) is 7.99. The van der Waals surface area contributed by atoms with E-state index in [1.165, 1.54) is 0 Å². The molecule has 0 saturated carbocycles. The Morgan fingerprint density at radius 3 is 2.06 bits per heavy atom. The van der Waals surface area contributed by atoms with E-state index < -0.39 is 11.9 Å². The van der Waals surface area contributed by atoms with Crippen molar-refractivity contribution in [2.45, 2.75) is 33.6 Å². The minimum absolute atomic E-state index is 0.347.